The van der Waals surface area contributed by atoms with E-state index in [-0.39, 0.29) is 24.1 Å². The monoisotopic (exact) mass is 462 g/mol. The smallest absolute Gasteiger partial charge is 0.277 e. The van der Waals surface area contributed by atoms with E-state index in [0.717, 1.165) is 10.6 Å². The number of aromatic nitrogens is 3. The van der Waals surface area contributed by atoms with Crippen molar-refractivity contribution in [2.45, 2.75) is 13.0 Å². The molecule has 0 aliphatic carbocycles. The summed E-state index contributed by atoms with van der Waals surface area (Å²) in [6.45, 7) is 1.52. The highest BCUT2D eigenvalue weighted by Gasteiger charge is 2.23. The molecule has 1 aliphatic rings. The molecule has 154 valence electrons. The van der Waals surface area contributed by atoms with Gasteiger partial charge in [-0.3, -0.25) is 24.8 Å². The maximum absolute atomic E-state index is 12.4. The fourth-order valence-corrected chi connectivity index (χ4v) is 4.34. The summed E-state index contributed by atoms with van der Waals surface area (Å²) in [7, 11) is 0. The Labute approximate surface area is 186 Å². The van der Waals surface area contributed by atoms with Crippen LogP contribution in [0.25, 0.3) is 0 Å². The van der Waals surface area contributed by atoms with Gasteiger partial charge in [-0.2, -0.15) is 0 Å². The Bertz CT molecular complexity index is 1090. The molecule has 1 aromatic carbocycles. The molecule has 0 atom stereocenters. The van der Waals surface area contributed by atoms with Gasteiger partial charge in [0.1, 0.15) is 5.69 Å². The van der Waals surface area contributed by atoms with Gasteiger partial charge < -0.3 is 5.32 Å². The van der Waals surface area contributed by atoms with E-state index in [4.69, 9.17) is 23.2 Å². The Morgan fingerprint density at radius 1 is 1.17 bits per heavy atom. The van der Waals surface area contributed by atoms with Crippen molar-refractivity contribution in [3.63, 3.8) is 0 Å². The van der Waals surface area contributed by atoms with E-state index in [2.05, 4.69) is 25.6 Å². The van der Waals surface area contributed by atoms with Crippen LogP contribution in [0.15, 0.2) is 36.8 Å². The summed E-state index contributed by atoms with van der Waals surface area (Å²) in [5.74, 6) is -0.496. The molecule has 2 aromatic heterocycles. The molecule has 4 rings (SSSR count). The zero-order chi connectivity index (χ0) is 21.1. The van der Waals surface area contributed by atoms with Crippen molar-refractivity contribution in [3.8, 4) is 0 Å². The second kappa shape index (κ2) is 9.05. The van der Waals surface area contributed by atoms with Crippen molar-refractivity contribution in [2.75, 3.05) is 23.7 Å². The van der Waals surface area contributed by atoms with E-state index in [1.807, 2.05) is 4.90 Å². The van der Waals surface area contributed by atoms with Crippen LogP contribution in [0.2, 0.25) is 10.0 Å². The molecule has 2 amide bonds. The van der Waals surface area contributed by atoms with Crippen molar-refractivity contribution in [1.29, 1.82) is 0 Å². The first-order chi connectivity index (χ1) is 14.5. The normalized spacial score (nSPS) is 13.5. The van der Waals surface area contributed by atoms with Crippen molar-refractivity contribution < 1.29 is 9.59 Å². The largest absolute Gasteiger partial charge is 0.325 e. The van der Waals surface area contributed by atoms with Gasteiger partial charge in [-0.05, 0) is 18.2 Å². The first-order valence-electron chi connectivity index (χ1n) is 9.01. The van der Waals surface area contributed by atoms with E-state index in [1.165, 1.54) is 29.9 Å². The molecule has 30 heavy (non-hydrogen) atoms. The summed E-state index contributed by atoms with van der Waals surface area (Å²) in [6, 6.07) is 4.96. The number of nitrogens with zero attached hydrogens (tertiary/aromatic N) is 4. The van der Waals surface area contributed by atoms with Crippen LogP contribution >= 0.6 is 34.5 Å². The molecule has 0 saturated carbocycles. The lowest BCUT2D eigenvalue weighted by Crippen LogP contribution is -2.36. The Kier molecular flexibility index (Phi) is 6.24. The van der Waals surface area contributed by atoms with Crippen LogP contribution in [0, 0.1) is 0 Å². The maximum Gasteiger partial charge on any atom is 0.277 e. The summed E-state index contributed by atoms with van der Waals surface area (Å²) < 4.78 is 0. The molecule has 0 radical (unpaired) electrons. The van der Waals surface area contributed by atoms with E-state index < -0.39 is 0 Å². The van der Waals surface area contributed by atoms with Crippen molar-refractivity contribution in [2.24, 2.45) is 0 Å². The molecule has 0 spiro atoms. The molecule has 11 heteroatoms. The third-order valence-electron chi connectivity index (χ3n) is 4.40. The van der Waals surface area contributed by atoms with Crippen molar-refractivity contribution >= 4 is 57.2 Å². The highest BCUT2D eigenvalue weighted by molar-refractivity contribution is 7.15. The summed E-state index contributed by atoms with van der Waals surface area (Å²) in [5, 5.41) is 6.92. The van der Waals surface area contributed by atoms with Gasteiger partial charge >= 0.3 is 0 Å². The average molecular weight is 463 g/mol. The third kappa shape index (κ3) is 4.93. The Balaban J connectivity index is 1.35. The predicted octanol–water partition coefficient (Wildman–Crippen LogP) is 3.49. The van der Waals surface area contributed by atoms with Crippen LogP contribution < -0.4 is 10.6 Å². The zero-order valence-electron chi connectivity index (χ0n) is 15.6. The summed E-state index contributed by atoms with van der Waals surface area (Å²) in [6.07, 6.45) is 5.07. The van der Waals surface area contributed by atoms with Gasteiger partial charge in [0.25, 0.3) is 5.91 Å². The molecule has 3 heterocycles. The molecule has 8 nitrogen and oxygen atoms in total. The van der Waals surface area contributed by atoms with Gasteiger partial charge in [0.05, 0.1) is 28.5 Å². The van der Waals surface area contributed by atoms with Gasteiger partial charge in [0, 0.05) is 42.5 Å². The first kappa shape index (κ1) is 20.7. The summed E-state index contributed by atoms with van der Waals surface area (Å²) >= 11 is 13.3. The lowest BCUT2D eigenvalue weighted by atomic mass is 10.2. The van der Waals surface area contributed by atoms with Crippen LogP contribution in [-0.2, 0) is 17.8 Å². The van der Waals surface area contributed by atoms with E-state index in [0.29, 0.717) is 40.4 Å². The number of hydrogen-bond acceptors (Lipinski definition) is 7. The topological polar surface area (TPSA) is 100 Å². The molecular weight excluding hydrogens is 447 g/mol. The second-order valence-electron chi connectivity index (χ2n) is 6.57. The Hall–Kier alpha value is -2.59. The number of hydrogen-bond donors (Lipinski definition) is 2. The number of amides is 2. The first-order valence-corrected chi connectivity index (χ1v) is 10.6. The van der Waals surface area contributed by atoms with Gasteiger partial charge in [-0.15, -0.1) is 11.3 Å². The molecule has 1 aliphatic heterocycles. The maximum atomic E-state index is 12.4. The lowest BCUT2D eigenvalue weighted by molar-refractivity contribution is -0.117. The number of benzene rings is 1. The highest BCUT2D eigenvalue weighted by atomic mass is 35.5. The molecule has 3 aromatic rings. The zero-order valence-corrected chi connectivity index (χ0v) is 17.9. The minimum Gasteiger partial charge on any atom is -0.325 e. The fourth-order valence-electron chi connectivity index (χ4n) is 2.99. The number of anilines is 2. The molecule has 2 N–H and O–H groups in total. The Morgan fingerprint density at radius 2 is 2.03 bits per heavy atom. The molecule has 0 unspecified atom stereocenters. The highest BCUT2D eigenvalue weighted by Crippen LogP contribution is 2.29. The quantitative estimate of drug-likeness (QED) is 0.601. The van der Waals surface area contributed by atoms with Crippen molar-refractivity contribution in [3.05, 3.63) is 63.1 Å². The third-order valence-corrected chi connectivity index (χ3v) is 6.13. The van der Waals surface area contributed by atoms with Crippen LogP contribution in [0.3, 0.4) is 0 Å². The van der Waals surface area contributed by atoms with Crippen LogP contribution in [0.4, 0.5) is 10.8 Å². The number of halogens is 2. The minimum absolute atomic E-state index is 0.141. The minimum atomic E-state index is -0.355. The molecule has 0 fully saturated rings. The number of fused-ring (bicyclic) bond motifs is 1. The molecule has 0 saturated heterocycles. The van der Waals surface area contributed by atoms with Gasteiger partial charge in [-0.25, -0.2) is 9.97 Å². The number of nitrogens with one attached hydrogen (secondary N) is 2. The van der Waals surface area contributed by atoms with Gasteiger partial charge in [0.2, 0.25) is 5.91 Å². The standard InChI is InChI=1S/C19H16Cl2N6O2S/c20-12-2-1-11(7-13(12)21)24-17(28)10-27-6-3-14-16(9-27)30-19(25-14)26-18(29)15-8-22-4-5-23-15/h1-2,4-5,7-8H,3,6,9-10H2,(H,24,28)(H,25,26,29). The van der Waals surface area contributed by atoms with E-state index in [1.54, 1.807) is 18.2 Å². The molecular formula is C19H16Cl2N6O2S. The van der Waals surface area contributed by atoms with E-state index in [9.17, 15) is 9.59 Å². The van der Waals surface area contributed by atoms with Crippen LogP contribution in [0.1, 0.15) is 21.1 Å². The fraction of sp³-hybridized carbons (Fsp3) is 0.211. The SMILES string of the molecule is O=C(CN1CCc2nc(NC(=O)c3cnccn3)sc2C1)Nc1ccc(Cl)c(Cl)c1. The number of carbonyl (C=O) groups excluding carboxylic acids is 2. The lowest BCUT2D eigenvalue weighted by Gasteiger charge is -2.25. The number of rotatable bonds is 5. The van der Waals surface area contributed by atoms with Crippen LogP contribution in [-0.4, -0.2) is 44.8 Å². The predicted molar refractivity (Wildman–Crippen MR) is 116 cm³/mol. The molecule has 0 bridgehead atoms. The van der Waals surface area contributed by atoms with Gasteiger partial charge in [0.15, 0.2) is 5.13 Å². The summed E-state index contributed by atoms with van der Waals surface area (Å²) in [4.78, 5) is 40.0. The number of carbonyl (C=O) groups is 2. The average Bonchev–Trinajstić information content (AvgIpc) is 3.13. The van der Waals surface area contributed by atoms with Crippen LogP contribution in [0.5, 0.6) is 0 Å². The second-order valence-corrected chi connectivity index (χ2v) is 8.47. The van der Waals surface area contributed by atoms with E-state index >= 15 is 0 Å². The summed E-state index contributed by atoms with van der Waals surface area (Å²) in [5.41, 5.74) is 1.76. The number of thiazole rings is 1. The van der Waals surface area contributed by atoms with Gasteiger partial charge in [-0.1, -0.05) is 23.2 Å². The Morgan fingerprint density at radius 3 is 2.80 bits per heavy atom. The van der Waals surface area contributed by atoms with Crippen molar-refractivity contribution in [1.82, 2.24) is 19.9 Å².